The Bertz CT molecular complexity index is 1220. The molecule has 0 bridgehead atoms. The lowest BCUT2D eigenvalue weighted by Crippen LogP contribution is -2.37. The third-order valence-corrected chi connectivity index (χ3v) is 5.51. The average Bonchev–Trinajstić information content (AvgIpc) is 2.84. The Kier molecular flexibility index (Phi) is 8.88. The molecule has 3 rings (SSSR count). The van der Waals surface area contributed by atoms with Crippen LogP contribution in [0.2, 0.25) is 10.0 Å². The van der Waals surface area contributed by atoms with E-state index in [1.165, 1.54) is 17.0 Å². The summed E-state index contributed by atoms with van der Waals surface area (Å²) in [5, 5.41) is 17.0. The van der Waals surface area contributed by atoms with E-state index in [2.05, 4.69) is 10.6 Å². The van der Waals surface area contributed by atoms with E-state index in [4.69, 9.17) is 27.9 Å². The van der Waals surface area contributed by atoms with Gasteiger partial charge in [0.1, 0.15) is 10.8 Å². The number of nitrogens with zero attached hydrogens (tertiary/aromatic N) is 2. The number of carbonyl (C=O) groups excluding carboxylic acids is 2. The highest BCUT2D eigenvalue weighted by atomic mass is 35.5. The number of nitrogens with one attached hydrogen (secondary N) is 2. The van der Waals surface area contributed by atoms with Gasteiger partial charge in [0.2, 0.25) is 0 Å². The van der Waals surface area contributed by atoms with Gasteiger partial charge in [-0.05, 0) is 61.0 Å². The second-order valence-electron chi connectivity index (χ2n) is 7.32. The molecule has 3 amide bonds. The first-order valence-electron chi connectivity index (χ1n) is 10.5. The maximum atomic E-state index is 13.0. The molecular weight excluding hydrogens is 495 g/mol. The van der Waals surface area contributed by atoms with Gasteiger partial charge in [-0.15, -0.1) is 0 Å². The summed E-state index contributed by atoms with van der Waals surface area (Å²) in [4.78, 5) is 37.4. The second kappa shape index (κ2) is 12.0. The number of amides is 3. The van der Waals surface area contributed by atoms with Crippen molar-refractivity contribution in [1.29, 1.82) is 0 Å². The molecule has 0 aliphatic carbocycles. The van der Waals surface area contributed by atoms with E-state index in [0.29, 0.717) is 28.6 Å². The lowest BCUT2D eigenvalue weighted by atomic mass is 10.2. The molecule has 0 heterocycles. The van der Waals surface area contributed by atoms with Crippen LogP contribution in [0.3, 0.4) is 0 Å². The molecule has 35 heavy (non-hydrogen) atoms. The minimum atomic E-state index is -0.648. The van der Waals surface area contributed by atoms with Crippen LogP contribution in [0.25, 0.3) is 0 Å². The Labute approximate surface area is 211 Å². The van der Waals surface area contributed by atoms with Crippen LogP contribution in [0.1, 0.15) is 16.8 Å². The topological polar surface area (TPSA) is 114 Å². The van der Waals surface area contributed by atoms with Gasteiger partial charge < -0.3 is 15.4 Å². The summed E-state index contributed by atoms with van der Waals surface area (Å²) < 4.78 is 5.18. The van der Waals surface area contributed by atoms with Crippen molar-refractivity contribution in [2.24, 2.45) is 0 Å². The molecule has 0 saturated carbocycles. The van der Waals surface area contributed by atoms with E-state index < -0.39 is 10.8 Å². The molecular formula is C24H22Cl2N4O5. The Morgan fingerprint density at radius 3 is 2.46 bits per heavy atom. The maximum absolute atomic E-state index is 13.0. The molecule has 182 valence electrons. The zero-order valence-corrected chi connectivity index (χ0v) is 20.2. The molecule has 9 nitrogen and oxygen atoms in total. The molecule has 0 aliphatic heterocycles. The molecule has 0 unspecified atom stereocenters. The van der Waals surface area contributed by atoms with Crippen molar-refractivity contribution < 1.29 is 19.2 Å². The zero-order valence-electron chi connectivity index (χ0n) is 18.7. The number of methoxy groups -OCH3 is 1. The highest BCUT2D eigenvalue weighted by molar-refractivity contribution is 6.32. The van der Waals surface area contributed by atoms with E-state index in [0.717, 1.165) is 6.07 Å². The van der Waals surface area contributed by atoms with Crippen LogP contribution in [-0.4, -0.2) is 37.1 Å². The lowest BCUT2D eigenvalue weighted by molar-refractivity contribution is -0.384. The third kappa shape index (κ3) is 7.08. The van der Waals surface area contributed by atoms with Crippen LogP contribution in [-0.2, 0) is 0 Å². The number of halogens is 2. The van der Waals surface area contributed by atoms with E-state index in [9.17, 15) is 19.7 Å². The van der Waals surface area contributed by atoms with Crippen LogP contribution >= 0.6 is 23.2 Å². The third-order valence-electron chi connectivity index (χ3n) is 4.95. The monoisotopic (exact) mass is 516 g/mol. The maximum Gasteiger partial charge on any atom is 0.326 e. The number of nitro groups is 1. The highest BCUT2D eigenvalue weighted by Gasteiger charge is 2.18. The normalized spacial score (nSPS) is 10.4. The summed E-state index contributed by atoms with van der Waals surface area (Å²) >= 11 is 11.8. The van der Waals surface area contributed by atoms with Gasteiger partial charge in [0, 0.05) is 41.1 Å². The van der Waals surface area contributed by atoms with Gasteiger partial charge in [-0.25, -0.2) is 4.79 Å². The number of ether oxygens (including phenoxy) is 1. The SMILES string of the molecule is COc1ccc(N(CCCNC(=O)c2ccc(Cl)c([N+](=O)[O-])c2)C(=O)Nc2cccc(Cl)c2)cc1. The van der Waals surface area contributed by atoms with Crippen molar-refractivity contribution in [2.45, 2.75) is 6.42 Å². The molecule has 0 spiro atoms. The van der Waals surface area contributed by atoms with E-state index in [1.54, 1.807) is 55.6 Å². The van der Waals surface area contributed by atoms with Crippen molar-refractivity contribution in [1.82, 2.24) is 5.32 Å². The minimum Gasteiger partial charge on any atom is -0.497 e. The first-order valence-corrected chi connectivity index (χ1v) is 11.2. The minimum absolute atomic E-state index is 0.0487. The average molecular weight is 517 g/mol. The largest absolute Gasteiger partial charge is 0.497 e. The Morgan fingerprint density at radius 1 is 1.06 bits per heavy atom. The second-order valence-corrected chi connectivity index (χ2v) is 8.17. The van der Waals surface area contributed by atoms with Crippen molar-refractivity contribution in [3.8, 4) is 5.75 Å². The molecule has 3 aromatic carbocycles. The summed E-state index contributed by atoms with van der Waals surface area (Å²) in [5.74, 6) is 0.164. The van der Waals surface area contributed by atoms with Crippen LogP contribution in [0.15, 0.2) is 66.7 Å². The number of nitro benzene ring substituents is 1. The number of rotatable bonds is 9. The fraction of sp³-hybridized carbons (Fsp3) is 0.167. The smallest absolute Gasteiger partial charge is 0.326 e. The van der Waals surface area contributed by atoms with Crippen molar-refractivity contribution >= 4 is 52.2 Å². The lowest BCUT2D eigenvalue weighted by Gasteiger charge is -2.23. The molecule has 0 saturated heterocycles. The van der Waals surface area contributed by atoms with Crippen molar-refractivity contribution in [3.63, 3.8) is 0 Å². The molecule has 2 N–H and O–H groups in total. The standard InChI is InChI=1S/C24H22Cl2N4O5/c1-35-20-9-7-19(8-10-20)29(24(32)28-18-5-2-4-17(25)15-18)13-3-12-27-23(31)16-6-11-21(26)22(14-16)30(33)34/h2,4-11,14-15H,3,12-13H2,1H3,(H,27,31)(H,28,32). The fourth-order valence-electron chi connectivity index (χ4n) is 3.20. The fourth-order valence-corrected chi connectivity index (χ4v) is 3.58. The number of anilines is 2. The summed E-state index contributed by atoms with van der Waals surface area (Å²) in [6, 6.07) is 17.2. The van der Waals surface area contributed by atoms with Crippen molar-refractivity contribution in [3.05, 3.63) is 92.5 Å². The number of hydrogen-bond acceptors (Lipinski definition) is 5. The summed E-state index contributed by atoms with van der Waals surface area (Å²) in [5.41, 5.74) is 0.943. The molecule has 0 aromatic heterocycles. The highest BCUT2D eigenvalue weighted by Crippen LogP contribution is 2.25. The van der Waals surface area contributed by atoms with Crippen LogP contribution in [0.4, 0.5) is 21.9 Å². The van der Waals surface area contributed by atoms with Gasteiger partial charge in [-0.3, -0.25) is 19.8 Å². The summed E-state index contributed by atoms with van der Waals surface area (Å²) in [6.45, 7) is 0.506. The molecule has 11 heteroatoms. The van der Waals surface area contributed by atoms with E-state index >= 15 is 0 Å². The van der Waals surface area contributed by atoms with Crippen LogP contribution in [0, 0.1) is 10.1 Å². The number of hydrogen-bond donors (Lipinski definition) is 2. The predicted molar refractivity (Wildman–Crippen MR) is 136 cm³/mol. The first-order chi connectivity index (χ1) is 16.8. The zero-order chi connectivity index (χ0) is 25.4. The Balaban J connectivity index is 1.66. The van der Waals surface area contributed by atoms with Gasteiger partial charge in [0.15, 0.2) is 0 Å². The van der Waals surface area contributed by atoms with Crippen molar-refractivity contribution in [2.75, 3.05) is 30.4 Å². The quantitative estimate of drug-likeness (QED) is 0.213. The van der Waals surface area contributed by atoms with Gasteiger partial charge in [-0.2, -0.15) is 0 Å². The van der Waals surface area contributed by atoms with Gasteiger partial charge in [0.05, 0.1) is 12.0 Å². The van der Waals surface area contributed by atoms with Crippen LogP contribution < -0.4 is 20.3 Å². The van der Waals surface area contributed by atoms with Crippen LogP contribution in [0.5, 0.6) is 5.75 Å². The Morgan fingerprint density at radius 2 is 1.80 bits per heavy atom. The Hall–Kier alpha value is -3.82. The van der Waals surface area contributed by atoms with E-state index in [1.807, 2.05) is 0 Å². The molecule has 0 fully saturated rings. The molecule has 0 radical (unpaired) electrons. The number of urea groups is 1. The number of carbonyl (C=O) groups is 2. The van der Waals surface area contributed by atoms with E-state index in [-0.39, 0.29) is 35.4 Å². The van der Waals surface area contributed by atoms with Gasteiger partial charge in [-0.1, -0.05) is 29.3 Å². The predicted octanol–water partition coefficient (Wildman–Crippen LogP) is 5.77. The van der Waals surface area contributed by atoms with Gasteiger partial charge in [0.25, 0.3) is 11.6 Å². The summed E-state index contributed by atoms with van der Waals surface area (Å²) in [6.07, 6.45) is 0.413. The number of benzene rings is 3. The first kappa shape index (κ1) is 25.8. The molecule has 0 aliphatic rings. The van der Waals surface area contributed by atoms with Gasteiger partial charge >= 0.3 is 6.03 Å². The molecule has 0 atom stereocenters. The molecule has 3 aromatic rings. The summed E-state index contributed by atoms with van der Waals surface area (Å²) in [7, 11) is 1.55.